The molecule has 4 saturated heterocycles. The molecule has 4 fully saturated rings. The van der Waals surface area contributed by atoms with Crippen molar-refractivity contribution >= 4 is 35.7 Å². The van der Waals surface area contributed by atoms with Gasteiger partial charge in [0.15, 0.2) is 0 Å². The summed E-state index contributed by atoms with van der Waals surface area (Å²) in [7, 11) is 4.70. The molecule has 16 nitrogen and oxygen atoms in total. The van der Waals surface area contributed by atoms with E-state index in [2.05, 4.69) is 10.6 Å². The second-order valence-corrected chi connectivity index (χ2v) is 10.8. The fraction of sp³-hybridized carbons (Fsp3) is 0.630. The molecule has 0 radical (unpaired) electrons. The topological polar surface area (TPSA) is 207 Å². The second kappa shape index (κ2) is 10.4. The number of epoxide rings is 2. The molecule has 6 rings (SSSR count). The smallest absolute Gasteiger partial charge is 0.337 e. The van der Waals surface area contributed by atoms with Gasteiger partial charge in [-0.2, -0.15) is 0 Å². The summed E-state index contributed by atoms with van der Waals surface area (Å²) >= 11 is 0. The molecular formula is C27H30N2O14. The van der Waals surface area contributed by atoms with Crippen LogP contribution in [0.3, 0.4) is 0 Å². The van der Waals surface area contributed by atoms with Gasteiger partial charge < -0.3 is 48.5 Å². The fourth-order valence-electron chi connectivity index (χ4n) is 6.70. The van der Waals surface area contributed by atoms with E-state index in [0.29, 0.717) is 0 Å². The molecule has 8 unspecified atom stereocenters. The quantitative estimate of drug-likeness (QED) is 0.134. The lowest BCUT2D eigenvalue weighted by atomic mass is 9.81. The van der Waals surface area contributed by atoms with Crippen molar-refractivity contribution in [3.05, 3.63) is 22.3 Å². The number of ether oxygens (including phenoxy) is 8. The van der Waals surface area contributed by atoms with Gasteiger partial charge in [0.25, 0.3) is 0 Å². The summed E-state index contributed by atoms with van der Waals surface area (Å²) in [4.78, 5) is 75.4. The average Bonchev–Trinajstić information content (AvgIpc) is 3.90. The third kappa shape index (κ3) is 4.26. The number of carbonyl (C=O) groups is 6. The lowest BCUT2D eigenvalue weighted by molar-refractivity contribution is -0.140. The van der Waals surface area contributed by atoms with Crippen LogP contribution >= 0.6 is 0 Å². The van der Waals surface area contributed by atoms with Crippen LogP contribution in [-0.2, 0) is 66.7 Å². The van der Waals surface area contributed by atoms with Gasteiger partial charge in [0.2, 0.25) is 11.8 Å². The van der Waals surface area contributed by atoms with Crippen LogP contribution < -0.4 is 10.6 Å². The van der Waals surface area contributed by atoms with Crippen molar-refractivity contribution in [1.82, 2.24) is 10.6 Å². The zero-order valence-corrected chi connectivity index (χ0v) is 23.7. The Kier molecular flexibility index (Phi) is 7.06. The van der Waals surface area contributed by atoms with Gasteiger partial charge in [-0.05, 0) is 6.42 Å². The third-order valence-corrected chi connectivity index (χ3v) is 8.69. The van der Waals surface area contributed by atoms with Crippen molar-refractivity contribution in [2.45, 2.75) is 67.1 Å². The SMILES string of the molecule is COC(=O)C1=C(C(=O)OC)C2(CNC(=O)CCCC(=O)NCC34OC(C(C(=O)OC)=C3C(=O)OC)C3OC34)OC1C1OC12. The highest BCUT2D eigenvalue weighted by Gasteiger charge is 2.77. The van der Waals surface area contributed by atoms with E-state index < -0.39 is 83.5 Å². The summed E-state index contributed by atoms with van der Waals surface area (Å²) in [5.74, 6) is -3.90. The summed E-state index contributed by atoms with van der Waals surface area (Å²) in [5, 5.41) is 5.41. The Balaban J connectivity index is 1.03. The summed E-state index contributed by atoms with van der Waals surface area (Å²) < 4.78 is 42.6. The van der Waals surface area contributed by atoms with E-state index in [-0.39, 0.29) is 54.6 Å². The standard InChI is InChI=1S/C27H30N2O14/c1-36-22(32)12-14(24(34)38-3)26(20-18(40-20)16(12)42-26)8-28-10(30)6-5-7-11(31)29-9-27-15(25(35)39-4)13(23(33)37-2)17(43-27)19-21(27)41-19/h16-21H,5-9H2,1-4H3,(H,28,30)(H,29,31). The number of carbonyl (C=O) groups excluding carboxylic acids is 6. The van der Waals surface area contributed by atoms with E-state index in [4.69, 9.17) is 37.9 Å². The number of nitrogens with one attached hydrogen (secondary N) is 2. The minimum absolute atomic E-state index is 0.0186. The van der Waals surface area contributed by atoms with Crippen LogP contribution in [0.1, 0.15) is 19.3 Å². The Bertz CT molecular complexity index is 1290. The molecular weight excluding hydrogens is 576 g/mol. The maximum Gasteiger partial charge on any atom is 0.337 e. The van der Waals surface area contributed by atoms with Crippen LogP contribution in [-0.4, -0.2) is 125 Å². The molecule has 8 atom stereocenters. The first kappa shape index (κ1) is 29.2. The van der Waals surface area contributed by atoms with Crippen molar-refractivity contribution in [3.8, 4) is 0 Å². The maximum atomic E-state index is 12.7. The van der Waals surface area contributed by atoms with Crippen LogP contribution in [0, 0.1) is 0 Å². The van der Waals surface area contributed by atoms with Crippen molar-refractivity contribution < 1.29 is 66.7 Å². The predicted octanol–water partition coefficient (Wildman–Crippen LogP) is -2.49. The largest absolute Gasteiger partial charge is 0.466 e. The van der Waals surface area contributed by atoms with E-state index in [1.165, 1.54) is 28.4 Å². The molecule has 2 N–H and O–H groups in total. The average molecular weight is 607 g/mol. The molecule has 0 saturated carbocycles. The van der Waals surface area contributed by atoms with Gasteiger partial charge >= 0.3 is 23.9 Å². The van der Waals surface area contributed by atoms with Crippen LogP contribution in [0.5, 0.6) is 0 Å². The van der Waals surface area contributed by atoms with Crippen molar-refractivity contribution in [1.29, 1.82) is 0 Å². The maximum absolute atomic E-state index is 12.7. The highest BCUT2D eigenvalue weighted by molar-refractivity contribution is 6.06. The fourth-order valence-corrected chi connectivity index (χ4v) is 6.70. The first-order chi connectivity index (χ1) is 20.6. The molecule has 0 aromatic rings. The second-order valence-electron chi connectivity index (χ2n) is 10.8. The molecule has 43 heavy (non-hydrogen) atoms. The Hall–Kier alpha value is -3.86. The summed E-state index contributed by atoms with van der Waals surface area (Å²) in [6, 6.07) is 0. The first-order valence-corrected chi connectivity index (χ1v) is 13.6. The van der Waals surface area contributed by atoms with E-state index in [1.54, 1.807) is 0 Å². The molecule has 232 valence electrons. The molecule has 6 heterocycles. The first-order valence-electron chi connectivity index (χ1n) is 13.6. The Morgan fingerprint density at radius 3 is 1.35 bits per heavy atom. The minimum atomic E-state index is -1.39. The molecule has 2 amide bonds. The number of fused-ring (bicyclic) bond motifs is 10. The lowest BCUT2D eigenvalue weighted by Crippen LogP contribution is -2.50. The lowest BCUT2D eigenvalue weighted by Gasteiger charge is -2.28. The van der Waals surface area contributed by atoms with Crippen molar-refractivity contribution in [3.63, 3.8) is 0 Å². The number of amides is 2. The van der Waals surface area contributed by atoms with Gasteiger partial charge in [-0.15, -0.1) is 0 Å². The van der Waals surface area contributed by atoms with Gasteiger partial charge in [-0.1, -0.05) is 0 Å². The summed E-state index contributed by atoms with van der Waals surface area (Å²) in [6.45, 7) is -0.315. The number of hydrogen-bond acceptors (Lipinski definition) is 14. The zero-order valence-electron chi connectivity index (χ0n) is 23.7. The van der Waals surface area contributed by atoms with Gasteiger partial charge in [-0.25, -0.2) is 19.2 Å². The highest BCUT2D eigenvalue weighted by atomic mass is 16.7. The number of methoxy groups -OCH3 is 4. The van der Waals surface area contributed by atoms with Gasteiger partial charge in [-0.3, -0.25) is 9.59 Å². The van der Waals surface area contributed by atoms with E-state index in [1.807, 2.05) is 0 Å². The van der Waals surface area contributed by atoms with Gasteiger partial charge in [0.05, 0.1) is 63.8 Å². The van der Waals surface area contributed by atoms with Gasteiger partial charge in [0.1, 0.15) is 47.8 Å². The van der Waals surface area contributed by atoms with E-state index in [0.717, 1.165) is 0 Å². The van der Waals surface area contributed by atoms with Crippen molar-refractivity contribution in [2.75, 3.05) is 41.5 Å². The predicted molar refractivity (Wildman–Crippen MR) is 135 cm³/mol. The number of rotatable bonds is 12. The monoisotopic (exact) mass is 606 g/mol. The molecule has 16 heteroatoms. The normalized spacial score (nSPS) is 35.2. The molecule has 0 aromatic heterocycles. The molecule has 6 aliphatic heterocycles. The van der Waals surface area contributed by atoms with Crippen LogP contribution in [0.4, 0.5) is 0 Å². The summed E-state index contributed by atoms with van der Waals surface area (Å²) in [5.41, 5.74) is -2.82. The molecule has 0 aromatic carbocycles. The number of hydrogen-bond donors (Lipinski definition) is 2. The van der Waals surface area contributed by atoms with Crippen LogP contribution in [0.2, 0.25) is 0 Å². The molecule has 4 bridgehead atoms. The third-order valence-electron chi connectivity index (χ3n) is 8.69. The Morgan fingerprint density at radius 1 is 0.628 bits per heavy atom. The van der Waals surface area contributed by atoms with Crippen molar-refractivity contribution in [2.24, 2.45) is 0 Å². The molecule has 0 aliphatic carbocycles. The molecule has 6 aliphatic rings. The van der Waals surface area contributed by atoms with E-state index in [9.17, 15) is 28.8 Å². The Morgan fingerprint density at radius 2 is 1.00 bits per heavy atom. The Labute approximate surface area is 244 Å². The zero-order chi connectivity index (χ0) is 30.8. The number of esters is 4. The highest BCUT2D eigenvalue weighted by Crippen LogP contribution is 2.59. The van der Waals surface area contributed by atoms with Crippen LogP contribution in [0.15, 0.2) is 22.3 Å². The van der Waals surface area contributed by atoms with Crippen LogP contribution in [0.25, 0.3) is 0 Å². The van der Waals surface area contributed by atoms with E-state index >= 15 is 0 Å². The summed E-state index contributed by atoms with van der Waals surface area (Å²) in [6.07, 6.45) is -3.46. The molecule has 0 spiro atoms. The van der Waals surface area contributed by atoms with Gasteiger partial charge in [0, 0.05) is 12.8 Å². The minimum Gasteiger partial charge on any atom is -0.466 e.